The van der Waals surface area contributed by atoms with Crippen molar-refractivity contribution in [3.63, 3.8) is 0 Å². The normalized spacial score (nSPS) is 18.1. The van der Waals surface area contributed by atoms with Crippen molar-refractivity contribution >= 4 is 18.7 Å². The first-order valence-corrected chi connectivity index (χ1v) is 3.33. The van der Waals surface area contributed by atoms with E-state index in [9.17, 15) is 4.79 Å². The molecule has 0 aliphatic rings. The van der Waals surface area contributed by atoms with Crippen molar-refractivity contribution in [3.8, 4) is 0 Å². The van der Waals surface area contributed by atoms with Crippen LogP contribution in [0, 0.1) is 0 Å². The Hall–Kier alpha value is -0.280. The van der Waals surface area contributed by atoms with E-state index < -0.39 is 31.0 Å². The first-order valence-electron chi connectivity index (χ1n) is 3.33. The van der Waals surface area contributed by atoms with Crippen LogP contribution in [0.25, 0.3) is 0 Å². The molecule has 0 saturated carbocycles. The Bertz CT molecular complexity index is 148. The highest BCUT2D eigenvalue weighted by molar-refractivity contribution is 5.85. The molecule has 0 aromatic carbocycles. The molecule has 0 aliphatic carbocycles. The Labute approximate surface area is 87.0 Å². The number of halogens is 1. The highest BCUT2D eigenvalue weighted by Gasteiger charge is 2.29. The molecule has 0 amide bonds. The number of carbonyl (C=O) groups is 1. The van der Waals surface area contributed by atoms with Crippen LogP contribution in [0.1, 0.15) is 0 Å². The van der Waals surface area contributed by atoms with Crippen LogP contribution in [-0.2, 0) is 4.79 Å². The van der Waals surface area contributed by atoms with Gasteiger partial charge in [0.25, 0.3) is 0 Å². The maximum absolute atomic E-state index is 9.90. The van der Waals surface area contributed by atoms with Gasteiger partial charge in [0.2, 0.25) is 0 Å². The lowest BCUT2D eigenvalue weighted by Gasteiger charge is -2.22. The smallest absolute Gasteiger partial charge is 0.151 e. The molecule has 0 spiro atoms. The van der Waals surface area contributed by atoms with Crippen molar-refractivity contribution in [2.24, 2.45) is 0 Å². The predicted molar refractivity (Wildman–Crippen MR) is 49.4 cm³/mol. The van der Waals surface area contributed by atoms with Crippen LogP contribution in [0.5, 0.6) is 0 Å². The molecule has 0 unspecified atom stereocenters. The summed E-state index contributed by atoms with van der Waals surface area (Å²) in [7, 11) is 0. The molecular weight excluding hydrogens is 218 g/mol. The lowest BCUT2D eigenvalue weighted by atomic mass is 10.0. The van der Waals surface area contributed by atoms with E-state index in [1.165, 1.54) is 0 Å². The molecule has 14 heavy (non-hydrogen) atoms. The minimum Gasteiger partial charge on any atom is -0.394 e. The van der Waals surface area contributed by atoms with Crippen LogP contribution in [0.2, 0.25) is 0 Å². The van der Waals surface area contributed by atoms with Crippen molar-refractivity contribution in [2.45, 2.75) is 24.4 Å². The molecule has 0 saturated heterocycles. The van der Waals surface area contributed by atoms with E-state index in [4.69, 9.17) is 25.5 Å². The molecule has 0 fully saturated rings. The maximum Gasteiger partial charge on any atom is 0.151 e. The molecule has 0 aromatic rings. The Kier molecular flexibility index (Phi) is 12.8. The van der Waals surface area contributed by atoms with E-state index in [0.29, 0.717) is 0 Å². The summed E-state index contributed by atoms with van der Waals surface area (Å²) in [6.45, 7) is -0.760. The monoisotopic (exact) mass is 233 g/mol. The second kappa shape index (κ2) is 9.28. The van der Waals surface area contributed by atoms with E-state index in [2.05, 4.69) is 0 Å². The van der Waals surface area contributed by atoms with Gasteiger partial charge in [-0.3, -0.25) is 0 Å². The number of aliphatic hydroxyl groups is 5. The molecule has 0 aliphatic heterocycles. The van der Waals surface area contributed by atoms with Crippen molar-refractivity contribution in [1.82, 2.24) is 6.15 Å². The van der Waals surface area contributed by atoms with Gasteiger partial charge in [0, 0.05) is 0 Å². The van der Waals surface area contributed by atoms with E-state index in [0.717, 1.165) is 0 Å². The van der Waals surface area contributed by atoms with E-state index in [1.54, 1.807) is 0 Å². The minimum absolute atomic E-state index is 0. The zero-order valence-corrected chi connectivity index (χ0v) is 8.17. The fraction of sp³-hybridized carbons (Fsp3) is 0.833. The first kappa shape index (κ1) is 19.3. The largest absolute Gasteiger partial charge is 0.394 e. The van der Waals surface area contributed by atoms with Crippen LogP contribution in [0.4, 0.5) is 0 Å². The van der Waals surface area contributed by atoms with Crippen LogP contribution in [-0.4, -0.2) is 62.8 Å². The standard InChI is InChI=1S/C6H12O6.ClH.H3N/c7-1-3(9)5(11)6(12)4(10)2-8;;/h1,3-6,8-12H,2H2;1H;1H3/t3-,4+,5+,6-;;/m0../s1. The lowest BCUT2D eigenvalue weighted by molar-refractivity contribution is -0.136. The van der Waals surface area contributed by atoms with Gasteiger partial charge in [0.1, 0.15) is 24.4 Å². The molecule has 0 bridgehead atoms. The molecule has 4 atom stereocenters. The molecule has 0 radical (unpaired) electrons. The third-order valence-corrected chi connectivity index (χ3v) is 1.42. The van der Waals surface area contributed by atoms with Crippen LogP contribution < -0.4 is 6.15 Å². The minimum atomic E-state index is -1.79. The molecule has 7 nitrogen and oxygen atoms in total. The average Bonchev–Trinajstić information content (AvgIpc) is 2.12. The highest BCUT2D eigenvalue weighted by atomic mass is 35.5. The molecule has 8 heteroatoms. The Balaban J connectivity index is -0.000000605. The van der Waals surface area contributed by atoms with Gasteiger partial charge in [-0.15, -0.1) is 12.4 Å². The number of hydrogen-bond donors (Lipinski definition) is 6. The summed E-state index contributed by atoms with van der Waals surface area (Å²) in [5.74, 6) is 0. The second-order valence-electron chi connectivity index (χ2n) is 2.36. The maximum atomic E-state index is 9.90. The van der Waals surface area contributed by atoms with Crippen molar-refractivity contribution in [3.05, 3.63) is 0 Å². The fourth-order valence-electron chi connectivity index (χ4n) is 0.618. The van der Waals surface area contributed by atoms with Gasteiger partial charge in [-0.2, -0.15) is 0 Å². The summed E-state index contributed by atoms with van der Waals surface area (Å²) in [6, 6.07) is 0. The highest BCUT2D eigenvalue weighted by Crippen LogP contribution is 2.02. The van der Waals surface area contributed by atoms with E-state index >= 15 is 0 Å². The topological polar surface area (TPSA) is 153 Å². The summed E-state index contributed by atoms with van der Waals surface area (Å²) in [4.78, 5) is 9.90. The van der Waals surface area contributed by atoms with Crippen molar-refractivity contribution < 1.29 is 30.3 Å². The van der Waals surface area contributed by atoms with Gasteiger partial charge in [-0.25, -0.2) is 0 Å². The molecule has 8 N–H and O–H groups in total. The summed E-state index contributed by atoms with van der Waals surface area (Å²) < 4.78 is 0. The Morgan fingerprint density at radius 2 is 1.50 bits per heavy atom. The van der Waals surface area contributed by atoms with Gasteiger partial charge >= 0.3 is 0 Å². The summed E-state index contributed by atoms with van der Waals surface area (Å²) in [6.07, 6.45) is -6.84. The van der Waals surface area contributed by atoms with Crippen LogP contribution in [0.15, 0.2) is 0 Å². The summed E-state index contributed by atoms with van der Waals surface area (Å²) >= 11 is 0. The SMILES string of the molecule is Cl.N.O=C[C@H](O)[C@@H](O)[C@@H](O)[C@H](O)CO. The van der Waals surface area contributed by atoms with Gasteiger partial charge < -0.3 is 36.5 Å². The molecular formula is C6H16ClNO6. The van der Waals surface area contributed by atoms with Crippen LogP contribution in [0.3, 0.4) is 0 Å². The van der Waals surface area contributed by atoms with Gasteiger partial charge in [0.15, 0.2) is 6.29 Å². The number of aliphatic hydroxyl groups excluding tert-OH is 5. The number of rotatable bonds is 5. The van der Waals surface area contributed by atoms with E-state index in [1.807, 2.05) is 0 Å². The van der Waals surface area contributed by atoms with E-state index in [-0.39, 0.29) is 24.8 Å². The molecule has 0 heterocycles. The number of carbonyl (C=O) groups excluding carboxylic acids is 1. The first-order chi connectivity index (χ1) is 5.54. The molecule has 0 rings (SSSR count). The van der Waals surface area contributed by atoms with Gasteiger partial charge in [0.05, 0.1) is 6.61 Å². The summed E-state index contributed by atoms with van der Waals surface area (Å²) in [5, 5.41) is 43.5. The second-order valence-corrected chi connectivity index (χ2v) is 2.36. The zero-order valence-electron chi connectivity index (χ0n) is 7.35. The number of hydrogen-bond acceptors (Lipinski definition) is 7. The third-order valence-electron chi connectivity index (χ3n) is 1.42. The van der Waals surface area contributed by atoms with Crippen molar-refractivity contribution in [2.75, 3.05) is 6.61 Å². The third kappa shape index (κ3) is 5.45. The fourth-order valence-corrected chi connectivity index (χ4v) is 0.618. The Morgan fingerprint density at radius 3 is 1.79 bits per heavy atom. The summed E-state index contributed by atoms with van der Waals surface area (Å²) in [5.41, 5.74) is 0. The van der Waals surface area contributed by atoms with Crippen molar-refractivity contribution in [1.29, 1.82) is 0 Å². The lowest BCUT2D eigenvalue weighted by Crippen LogP contribution is -2.46. The molecule has 88 valence electrons. The molecule has 0 aromatic heterocycles. The Morgan fingerprint density at radius 1 is 1.07 bits per heavy atom. The predicted octanol–water partition coefficient (Wildman–Crippen LogP) is -2.80. The van der Waals surface area contributed by atoms with Gasteiger partial charge in [-0.1, -0.05) is 0 Å². The quantitative estimate of drug-likeness (QED) is 0.281. The van der Waals surface area contributed by atoms with Gasteiger partial charge in [-0.05, 0) is 0 Å². The zero-order chi connectivity index (χ0) is 9.72. The average molecular weight is 234 g/mol. The van der Waals surface area contributed by atoms with Crippen LogP contribution >= 0.6 is 12.4 Å². The number of aldehydes is 1.